The van der Waals surface area contributed by atoms with Crippen LogP contribution in [0.15, 0.2) is 22.6 Å². The van der Waals surface area contributed by atoms with Gasteiger partial charge in [0.25, 0.3) is 0 Å². The van der Waals surface area contributed by atoms with Crippen molar-refractivity contribution in [3.05, 3.63) is 23.3 Å². The van der Waals surface area contributed by atoms with E-state index < -0.39 is 0 Å². The summed E-state index contributed by atoms with van der Waals surface area (Å²) in [6.45, 7) is 0. The number of nitrogens with zero attached hydrogens (tertiary/aromatic N) is 2. The lowest BCUT2D eigenvalue weighted by Gasteiger charge is -1.92. The Morgan fingerprint density at radius 1 is 1.60 bits per heavy atom. The fourth-order valence-corrected chi connectivity index (χ4v) is 2.34. The Labute approximate surface area is 96.5 Å². The third-order valence-corrected chi connectivity index (χ3v) is 3.08. The summed E-state index contributed by atoms with van der Waals surface area (Å²) in [4.78, 5) is 8.10. The summed E-state index contributed by atoms with van der Waals surface area (Å²) >= 11 is 3.16. The molecule has 0 atom stereocenters. The van der Waals surface area contributed by atoms with Crippen LogP contribution < -0.4 is 17.2 Å². The number of thiazole rings is 1. The molecule has 0 aromatic carbocycles. The lowest BCUT2D eigenvalue weighted by Crippen LogP contribution is -2.21. The van der Waals surface area contributed by atoms with Crippen molar-refractivity contribution in [2.45, 2.75) is 5.75 Å². The van der Waals surface area contributed by atoms with Gasteiger partial charge in [0, 0.05) is 16.9 Å². The lowest BCUT2D eigenvalue weighted by molar-refractivity contribution is 1.21. The van der Waals surface area contributed by atoms with Crippen molar-refractivity contribution in [3.63, 3.8) is 0 Å². The molecule has 0 aliphatic rings. The maximum atomic E-state index is 5.24. The van der Waals surface area contributed by atoms with Gasteiger partial charge in [-0.25, -0.2) is 4.98 Å². The van der Waals surface area contributed by atoms with Crippen LogP contribution in [0, 0.1) is 0 Å². The highest BCUT2D eigenvalue weighted by atomic mass is 32.2. The Morgan fingerprint density at radius 3 is 3.07 bits per heavy atom. The quantitative estimate of drug-likeness (QED) is 0.402. The first kappa shape index (κ1) is 11.9. The van der Waals surface area contributed by atoms with Crippen molar-refractivity contribution in [3.8, 4) is 0 Å². The largest absolute Gasteiger partial charge is 0.405 e. The summed E-state index contributed by atoms with van der Waals surface area (Å²) in [5, 5.41) is 2.54. The van der Waals surface area contributed by atoms with Crippen LogP contribution >= 0.6 is 23.1 Å². The molecule has 1 aromatic rings. The van der Waals surface area contributed by atoms with Gasteiger partial charge in [-0.05, 0) is 6.20 Å². The Kier molecular flexibility index (Phi) is 4.99. The molecule has 1 aromatic heterocycles. The number of nitrogens with two attached hydrogens (primary N) is 3. The van der Waals surface area contributed by atoms with Crippen molar-refractivity contribution in [2.75, 3.05) is 5.75 Å². The van der Waals surface area contributed by atoms with E-state index in [9.17, 15) is 0 Å². The molecule has 0 bridgehead atoms. The second kappa shape index (κ2) is 6.31. The third kappa shape index (κ3) is 4.71. The van der Waals surface area contributed by atoms with E-state index in [0.29, 0.717) is 5.13 Å². The molecule has 82 valence electrons. The minimum absolute atomic E-state index is 0.0367. The number of hydrogen-bond acceptors (Lipinski definition) is 5. The Hall–Kier alpha value is -1.21. The van der Waals surface area contributed by atoms with E-state index in [2.05, 4.69) is 9.98 Å². The van der Waals surface area contributed by atoms with Gasteiger partial charge in [0.1, 0.15) is 0 Å². The zero-order valence-corrected chi connectivity index (χ0v) is 9.72. The number of guanidine groups is 1. The number of thioether (sulfide) groups is 1. The van der Waals surface area contributed by atoms with Crippen LogP contribution in [0.4, 0.5) is 5.13 Å². The van der Waals surface area contributed by atoms with Crippen molar-refractivity contribution in [2.24, 2.45) is 22.2 Å². The third-order valence-electron chi connectivity index (χ3n) is 1.36. The minimum Gasteiger partial charge on any atom is -0.405 e. The maximum Gasteiger partial charge on any atom is 0.212 e. The predicted molar refractivity (Wildman–Crippen MR) is 67.1 cm³/mol. The van der Waals surface area contributed by atoms with Gasteiger partial charge in [-0.3, -0.25) is 0 Å². The highest BCUT2D eigenvalue weighted by Crippen LogP contribution is 2.21. The molecule has 0 radical (unpaired) electrons. The summed E-state index contributed by atoms with van der Waals surface area (Å²) < 4.78 is 0. The standard InChI is InChI=1S/C8H13N5S2/c9-2-1-3-14-4-6-5-15-8(12-6)13-7(10)11/h1-2,5H,3-4,9H2,(H4,10,11,12,13). The van der Waals surface area contributed by atoms with E-state index in [-0.39, 0.29) is 5.96 Å². The smallest absolute Gasteiger partial charge is 0.212 e. The zero-order valence-electron chi connectivity index (χ0n) is 8.09. The highest BCUT2D eigenvalue weighted by molar-refractivity contribution is 7.98. The van der Waals surface area contributed by atoms with Gasteiger partial charge >= 0.3 is 0 Å². The first-order valence-electron chi connectivity index (χ1n) is 4.21. The molecule has 1 rings (SSSR count). The molecular weight excluding hydrogens is 230 g/mol. The topological polar surface area (TPSA) is 103 Å². The summed E-state index contributed by atoms with van der Waals surface area (Å²) in [5.74, 6) is 1.75. The SMILES string of the molecule is NC=CCSCc1csc(N=C(N)N)n1. The van der Waals surface area contributed by atoms with Gasteiger partial charge in [-0.15, -0.1) is 11.3 Å². The molecule has 1 heterocycles. The monoisotopic (exact) mass is 243 g/mol. The van der Waals surface area contributed by atoms with E-state index in [1.165, 1.54) is 11.3 Å². The first-order chi connectivity index (χ1) is 7.22. The second-order valence-electron chi connectivity index (χ2n) is 2.60. The minimum atomic E-state index is 0.0367. The fraction of sp³-hybridized carbons (Fsp3) is 0.250. The number of hydrogen-bond donors (Lipinski definition) is 3. The summed E-state index contributed by atoms with van der Waals surface area (Å²) in [7, 11) is 0. The molecule has 7 heteroatoms. The average Bonchev–Trinajstić information content (AvgIpc) is 2.59. The Morgan fingerprint density at radius 2 is 2.40 bits per heavy atom. The molecule has 0 aliphatic carbocycles. The molecule has 15 heavy (non-hydrogen) atoms. The number of rotatable bonds is 5. The van der Waals surface area contributed by atoms with Gasteiger partial charge in [0.2, 0.25) is 5.13 Å². The van der Waals surface area contributed by atoms with Gasteiger partial charge in [0.15, 0.2) is 5.96 Å². The predicted octanol–water partition coefficient (Wildman–Crippen LogP) is 0.754. The van der Waals surface area contributed by atoms with Crippen LogP contribution in [0.2, 0.25) is 0 Å². The van der Waals surface area contributed by atoms with Crippen LogP contribution in [-0.2, 0) is 5.75 Å². The molecule has 0 aliphatic heterocycles. The summed E-state index contributed by atoms with van der Waals surface area (Å²) in [6.07, 6.45) is 3.44. The average molecular weight is 243 g/mol. The molecule has 0 unspecified atom stereocenters. The first-order valence-corrected chi connectivity index (χ1v) is 6.24. The zero-order chi connectivity index (χ0) is 11.1. The molecule has 6 N–H and O–H groups in total. The summed E-state index contributed by atoms with van der Waals surface area (Å²) in [5.41, 5.74) is 16.7. The van der Waals surface area contributed by atoms with Gasteiger partial charge < -0.3 is 17.2 Å². The maximum absolute atomic E-state index is 5.24. The lowest BCUT2D eigenvalue weighted by atomic mass is 10.6. The number of aromatic nitrogens is 1. The van der Waals surface area contributed by atoms with Gasteiger partial charge in [-0.1, -0.05) is 6.08 Å². The van der Waals surface area contributed by atoms with E-state index >= 15 is 0 Å². The van der Waals surface area contributed by atoms with Gasteiger partial charge in [-0.2, -0.15) is 16.8 Å². The van der Waals surface area contributed by atoms with Gasteiger partial charge in [0.05, 0.1) is 5.69 Å². The van der Waals surface area contributed by atoms with Crippen molar-refractivity contribution >= 4 is 34.2 Å². The molecule has 5 nitrogen and oxygen atoms in total. The molecule has 0 saturated carbocycles. The van der Waals surface area contributed by atoms with E-state index in [1.807, 2.05) is 11.5 Å². The van der Waals surface area contributed by atoms with Crippen molar-refractivity contribution in [1.82, 2.24) is 4.98 Å². The normalized spacial score (nSPS) is 10.7. The van der Waals surface area contributed by atoms with E-state index in [4.69, 9.17) is 17.2 Å². The van der Waals surface area contributed by atoms with Crippen LogP contribution in [0.3, 0.4) is 0 Å². The van der Waals surface area contributed by atoms with Crippen LogP contribution in [0.1, 0.15) is 5.69 Å². The molecule has 0 spiro atoms. The highest BCUT2D eigenvalue weighted by Gasteiger charge is 2.00. The van der Waals surface area contributed by atoms with E-state index in [1.54, 1.807) is 18.0 Å². The molecule has 0 saturated heterocycles. The van der Waals surface area contributed by atoms with Crippen LogP contribution in [0.25, 0.3) is 0 Å². The second-order valence-corrected chi connectivity index (χ2v) is 4.47. The summed E-state index contributed by atoms with van der Waals surface area (Å²) in [6, 6.07) is 0. The van der Waals surface area contributed by atoms with Crippen molar-refractivity contribution < 1.29 is 0 Å². The molecule has 0 amide bonds. The van der Waals surface area contributed by atoms with Crippen molar-refractivity contribution in [1.29, 1.82) is 0 Å². The Bertz CT molecular complexity index is 354. The molecule has 0 fully saturated rings. The Balaban J connectivity index is 2.43. The fourth-order valence-electron chi connectivity index (χ4n) is 0.811. The molecular formula is C8H13N5S2. The van der Waals surface area contributed by atoms with Crippen LogP contribution in [0.5, 0.6) is 0 Å². The van der Waals surface area contributed by atoms with E-state index in [0.717, 1.165) is 17.2 Å². The van der Waals surface area contributed by atoms with Crippen LogP contribution in [-0.4, -0.2) is 16.7 Å². The number of aliphatic imine (C=N–C) groups is 1.